The van der Waals surface area contributed by atoms with Gasteiger partial charge in [-0.25, -0.2) is 8.78 Å². The number of ether oxygens (including phenoxy) is 3. The third kappa shape index (κ3) is 3.40. The van der Waals surface area contributed by atoms with E-state index in [1.807, 2.05) is 0 Å². The van der Waals surface area contributed by atoms with Gasteiger partial charge in [0.2, 0.25) is 5.92 Å². The molecule has 0 aliphatic heterocycles. The summed E-state index contributed by atoms with van der Waals surface area (Å²) in [5, 5.41) is 3.40. The van der Waals surface area contributed by atoms with Gasteiger partial charge in [0.1, 0.15) is 11.4 Å². The summed E-state index contributed by atoms with van der Waals surface area (Å²) in [7, 11) is 4.54. The van der Waals surface area contributed by atoms with Gasteiger partial charge in [-0.1, -0.05) is 0 Å². The molecule has 0 bridgehead atoms. The Hall–Kier alpha value is -2.51. The number of alkyl halides is 2. The molecular formula is C18H22F2N2O4. The second-order valence-electron chi connectivity index (χ2n) is 6.46. The summed E-state index contributed by atoms with van der Waals surface area (Å²) in [5.41, 5.74) is 0.871. The summed E-state index contributed by atoms with van der Waals surface area (Å²) in [6.07, 6.45) is 0.117. The third-order valence-corrected chi connectivity index (χ3v) is 4.74. The molecule has 1 aromatic heterocycles. The van der Waals surface area contributed by atoms with Gasteiger partial charge in [0.15, 0.2) is 11.5 Å². The minimum atomic E-state index is -2.62. The summed E-state index contributed by atoms with van der Waals surface area (Å²) < 4.78 is 42.6. The third-order valence-electron chi connectivity index (χ3n) is 4.74. The van der Waals surface area contributed by atoms with Crippen molar-refractivity contribution in [3.05, 3.63) is 17.8 Å². The Morgan fingerprint density at radius 1 is 1.23 bits per heavy atom. The molecule has 2 N–H and O–H groups in total. The fourth-order valence-electron chi connectivity index (χ4n) is 3.41. The van der Waals surface area contributed by atoms with Crippen molar-refractivity contribution in [3.8, 4) is 17.2 Å². The highest BCUT2D eigenvalue weighted by Crippen LogP contribution is 2.41. The maximum Gasteiger partial charge on any atom is 0.267 e. The molecule has 26 heavy (non-hydrogen) atoms. The van der Waals surface area contributed by atoms with E-state index in [2.05, 4.69) is 10.3 Å². The minimum Gasteiger partial charge on any atom is -0.496 e. The van der Waals surface area contributed by atoms with Crippen LogP contribution in [0.1, 0.15) is 29.8 Å². The van der Waals surface area contributed by atoms with Crippen molar-refractivity contribution >= 4 is 16.8 Å². The summed E-state index contributed by atoms with van der Waals surface area (Å²) >= 11 is 0. The molecule has 8 heteroatoms. The first-order chi connectivity index (χ1) is 12.4. The zero-order valence-corrected chi connectivity index (χ0v) is 14.9. The van der Waals surface area contributed by atoms with Crippen LogP contribution in [-0.4, -0.2) is 44.7 Å². The molecule has 0 spiro atoms. The van der Waals surface area contributed by atoms with E-state index in [4.69, 9.17) is 14.2 Å². The monoisotopic (exact) mass is 368 g/mol. The first kappa shape index (κ1) is 18.3. The van der Waals surface area contributed by atoms with Crippen molar-refractivity contribution in [1.29, 1.82) is 0 Å². The van der Waals surface area contributed by atoms with E-state index in [0.29, 0.717) is 40.3 Å². The van der Waals surface area contributed by atoms with E-state index < -0.39 is 5.92 Å². The van der Waals surface area contributed by atoms with Crippen molar-refractivity contribution < 1.29 is 27.8 Å². The van der Waals surface area contributed by atoms with E-state index in [-0.39, 0.29) is 31.2 Å². The van der Waals surface area contributed by atoms with Crippen molar-refractivity contribution in [2.45, 2.75) is 25.2 Å². The molecule has 1 atom stereocenters. The fraction of sp³-hybridized carbons (Fsp3) is 0.500. The number of nitrogens with one attached hydrogen (secondary N) is 2. The number of hydrogen-bond donors (Lipinski definition) is 2. The number of carbonyl (C=O) groups is 1. The van der Waals surface area contributed by atoms with Gasteiger partial charge in [0.05, 0.1) is 26.8 Å². The van der Waals surface area contributed by atoms with Crippen LogP contribution in [0, 0.1) is 5.92 Å². The molecule has 1 aliphatic carbocycles. The normalized spacial score (nSPS) is 18.7. The lowest BCUT2D eigenvalue weighted by atomic mass is 10.1. The van der Waals surface area contributed by atoms with E-state index >= 15 is 0 Å². The number of aromatic amines is 1. The number of hydrogen-bond acceptors (Lipinski definition) is 4. The number of amides is 1. The molecule has 1 aliphatic rings. The maximum absolute atomic E-state index is 13.3. The summed E-state index contributed by atoms with van der Waals surface area (Å²) in [6, 6.07) is 3.33. The topological polar surface area (TPSA) is 72.6 Å². The summed E-state index contributed by atoms with van der Waals surface area (Å²) in [4.78, 5) is 15.5. The van der Waals surface area contributed by atoms with E-state index in [1.54, 1.807) is 12.1 Å². The Balaban J connectivity index is 1.83. The second kappa shape index (κ2) is 7.01. The first-order valence-electron chi connectivity index (χ1n) is 8.36. The first-order valence-corrected chi connectivity index (χ1v) is 8.36. The van der Waals surface area contributed by atoms with Crippen molar-refractivity contribution in [3.63, 3.8) is 0 Å². The van der Waals surface area contributed by atoms with Gasteiger partial charge >= 0.3 is 0 Å². The SMILES string of the molecule is COc1cc(OC)c2cc(C(=O)NCC3CCC(F)(F)C3)[nH]c2c1OC. The number of carbonyl (C=O) groups excluding carboxylic acids is 1. The molecule has 1 fully saturated rings. The Morgan fingerprint density at radius 3 is 2.54 bits per heavy atom. The van der Waals surface area contributed by atoms with Crippen molar-refractivity contribution in [1.82, 2.24) is 10.3 Å². The number of benzene rings is 1. The Bertz CT molecular complexity index is 819. The Kier molecular flexibility index (Phi) is 4.93. The van der Waals surface area contributed by atoms with Crippen LogP contribution in [0.25, 0.3) is 10.9 Å². The molecule has 1 heterocycles. The molecule has 3 rings (SSSR count). The van der Waals surface area contributed by atoms with E-state index in [1.165, 1.54) is 21.3 Å². The molecule has 0 radical (unpaired) electrons. The quantitative estimate of drug-likeness (QED) is 0.820. The molecular weight excluding hydrogens is 346 g/mol. The van der Waals surface area contributed by atoms with Crippen LogP contribution in [0.3, 0.4) is 0 Å². The van der Waals surface area contributed by atoms with Gasteiger partial charge in [-0.05, 0) is 18.4 Å². The molecule has 1 unspecified atom stereocenters. The van der Waals surface area contributed by atoms with Crippen LogP contribution in [0.2, 0.25) is 0 Å². The van der Waals surface area contributed by atoms with Crippen LogP contribution in [0.4, 0.5) is 8.78 Å². The highest BCUT2D eigenvalue weighted by Gasteiger charge is 2.39. The highest BCUT2D eigenvalue weighted by molar-refractivity contribution is 6.02. The van der Waals surface area contributed by atoms with Crippen LogP contribution in [-0.2, 0) is 0 Å². The number of rotatable bonds is 6. The van der Waals surface area contributed by atoms with E-state index in [0.717, 1.165) is 0 Å². The summed E-state index contributed by atoms with van der Waals surface area (Å²) in [6.45, 7) is 0.224. The standard InChI is InChI=1S/C18H22F2N2O4/c1-24-13-7-14(25-2)16(26-3)15-11(13)6-12(22-15)17(23)21-9-10-4-5-18(19,20)8-10/h6-7,10,22H,4-5,8-9H2,1-3H3,(H,21,23). The minimum absolute atomic E-state index is 0.117. The molecule has 1 saturated carbocycles. The van der Waals surface area contributed by atoms with Crippen LogP contribution >= 0.6 is 0 Å². The van der Waals surface area contributed by atoms with Crippen LogP contribution < -0.4 is 19.5 Å². The van der Waals surface area contributed by atoms with Gasteiger partial charge in [0.25, 0.3) is 5.91 Å². The number of halogens is 2. The van der Waals surface area contributed by atoms with Crippen molar-refractivity contribution in [2.75, 3.05) is 27.9 Å². The predicted octanol–water partition coefficient (Wildman–Crippen LogP) is 3.36. The van der Waals surface area contributed by atoms with Crippen LogP contribution in [0.5, 0.6) is 17.2 Å². The van der Waals surface area contributed by atoms with Gasteiger partial charge in [-0.3, -0.25) is 4.79 Å². The second-order valence-corrected chi connectivity index (χ2v) is 6.46. The molecule has 2 aromatic rings. The number of methoxy groups -OCH3 is 3. The molecule has 142 valence electrons. The molecule has 1 amide bonds. The van der Waals surface area contributed by atoms with Gasteiger partial charge in [-0.2, -0.15) is 0 Å². The smallest absolute Gasteiger partial charge is 0.267 e. The molecule has 0 saturated heterocycles. The lowest BCUT2D eigenvalue weighted by Crippen LogP contribution is -2.29. The fourth-order valence-corrected chi connectivity index (χ4v) is 3.41. The maximum atomic E-state index is 13.3. The molecule has 6 nitrogen and oxygen atoms in total. The Morgan fingerprint density at radius 2 is 1.96 bits per heavy atom. The average Bonchev–Trinajstić information content (AvgIpc) is 3.21. The summed E-state index contributed by atoms with van der Waals surface area (Å²) in [5.74, 6) is -1.73. The van der Waals surface area contributed by atoms with Gasteiger partial charge in [0, 0.05) is 30.8 Å². The largest absolute Gasteiger partial charge is 0.496 e. The average molecular weight is 368 g/mol. The van der Waals surface area contributed by atoms with Crippen molar-refractivity contribution in [2.24, 2.45) is 5.92 Å². The lowest BCUT2D eigenvalue weighted by molar-refractivity contribution is 0.00504. The number of fused-ring (bicyclic) bond motifs is 1. The Labute approximate surface area is 149 Å². The van der Waals surface area contributed by atoms with Gasteiger partial charge < -0.3 is 24.5 Å². The predicted molar refractivity (Wildman–Crippen MR) is 92.6 cm³/mol. The number of H-pyrrole nitrogens is 1. The molecule has 1 aromatic carbocycles. The zero-order valence-electron chi connectivity index (χ0n) is 14.9. The van der Waals surface area contributed by atoms with Crippen LogP contribution in [0.15, 0.2) is 12.1 Å². The van der Waals surface area contributed by atoms with Gasteiger partial charge in [-0.15, -0.1) is 0 Å². The number of aromatic nitrogens is 1. The lowest BCUT2D eigenvalue weighted by Gasteiger charge is -2.11. The zero-order chi connectivity index (χ0) is 18.9. The van der Waals surface area contributed by atoms with E-state index in [9.17, 15) is 13.6 Å². The highest BCUT2D eigenvalue weighted by atomic mass is 19.3.